The number of aryl methyl sites for hydroxylation is 1. The molecule has 168 valence electrons. The molecule has 0 amide bonds. The van der Waals surface area contributed by atoms with Gasteiger partial charge in [0.25, 0.3) is 15.9 Å². The van der Waals surface area contributed by atoms with Crippen LogP contribution in [0.25, 0.3) is 0 Å². The van der Waals surface area contributed by atoms with Crippen molar-refractivity contribution in [2.45, 2.75) is 11.8 Å². The zero-order valence-corrected chi connectivity index (χ0v) is 18.9. The highest BCUT2D eigenvalue weighted by Gasteiger charge is 2.33. The second kappa shape index (κ2) is 8.60. The van der Waals surface area contributed by atoms with E-state index < -0.39 is 21.6 Å². The van der Waals surface area contributed by atoms with Gasteiger partial charge in [-0.25, -0.2) is 23.4 Å². The smallest absolute Gasteiger partial charge is 0.263 e. The minimum atomic E-state index is -4.00. The molecule has 0 saturated heterocycles. The minimum Gasteiger partial charge on any atom is -0.478 e. The SMILES string of the molecule is COc1nccnc1NS(=O)(=O)c1ccc(NC2=C(Cl)C(=O)c3nc(C)ccc3C2=O)cc1. The van der Waals surface area contributed by atoms with Gasteiger partial charge in [0.1, 0.15) is 16.4 Å². The maximum atomic E-state index is 12.9. The fraction of sp³-hybridized carbons (Fsp3) is 0.0952. The Kier molecular flexibility index (Phi) is 5.83. The predicted molar refractivity (Wildman–Crippen MR) is 120 cm³/mol. The first kappa shape index (κ1) is 22.4. The monoisotopic (exact) mass is 485 g/mol. The van der Waals surface area contributed by atoms with Gasteiger partial charge in [-0.05, 0) is 43.3 Å². The third-order valence-corrected chi connectivity index (χ3v) is 6.38. The molecule has 1 aliphatic rings. The number of pyridine rings is 1. The van der Waals surface area contributed by atoms with E-state index in [1.165, 1.54) is 49.8 Å². The lowest BCUT2D eigenvalue weighted by Crippen LogP contribution is -2.25. The molecule has 0 radical (unpaired) electrons. The van der Waals surface area contributed by atoms with Crippen LogP contribution < -0.4 is 14.8 Å². The summed E-state index contributed by atoms with van der Waals surface area (Å²) < 4.78 is 32.7. The Labute approximate surface area is 193 Å². The normalized spacial score (nSPS) is 13.5. The van der Waals surface area contributed by atoms with Crippen molar-refractivity contribution in [3.63, 3.8) is 0 Å². The zero-order valence-electron chi connectivity index (χ0n) is 17.3. The standard InChI is InChI=1S/C21H16ClN5O5S/c1-11-3-8-14-16(25-11)19(29)15(22)17(18(14)28)26-12-4-6-13(7-5-12)33(30,31)27-20-21(32-2)24-10-9-23-20/h3-10,26H,1-2H3,(H,23,27). The van der Waals surface area contributed by atoms with Crippen LogP contribution in [-0.2, 0) is 10.0 Å². The lowest BCUT2D eigenvalue weighted by atomic mass is 9.96. The van der Waals surface area contributed by atoms with Crippen molar-refractivity contribution in [2.75, 3.05) is 17.1 Å². The maximum absolute atomic E-state index is 12.9. The molecular weight excluding hydrogens is 470 g/mol. The number of halogens is 1. The number of carbonyl (C=O) groups excluding carboxylic acids is 2. The number of hydrogen-bond donors (Lipinski definition) is 2. The number of Topliss-reactive ketones (excluding diaryl/α,β-unsaturated/α-hetero) is 2. The molecule has 33 heavy (non-hydrogen) atoms. The van der Waals surface area contributed by atoms with Crippen LogP contribution in [-0.4, -0.2) is 42.0 Å². The summed E-state index contributed by atoms with van der Waals surface area (Å²) in [6, 6.07) is 8.64. The Morgan fingerprint density at radius 3 is 2.36 bits per heavy atom. The molecule has 1 aliphatic carbocycles. The van der Waals surface area contributed by atoms with Crippen LogP contribution in [0.15, 0.2) is 64.4 Å². The minimum absolute atomic E-state index is 0.00232. The van der Waals surface area contributed by atoms with Crippen molar-refractivity contribution in [3.8, 4) is 5.88 Å². The summed E-state index contributed by atoms with van der Waals surface area (Å²) in [4.78, 5) is 37.3. The van der Waals surface area contributed by atoms with Gasteiger partial charge < -0.3 is 10.1 Å². The number of sulfonamides is 1. The van der Waals surface area contributed by atoms with E-state index in [9.17, 15) is 18.0 Å². The fourth-order valence-electron chi connectivity index (χ4n) is 3.07. The largest absolute Gasteiger partial charge is 0.478 e. The van der Waals surface area contributed by atoms with E-state index >= 15 is 0 Å². The summed E-state index contributed by atoms with van der Waals surface area (Å²) in [5.41, 5.74) is 0.961. The van der Waals surface area contributed by atoms with Crippen molar-refractivity contribution in [1.82, 2.24) is 15.0 Å². The van der Waals surface area contributed by atoms with Crippen LogP contribution in [0.5, 0.6) is 5.88 Å². The van der Waals surface area contributed by atoms with Crippen molar-refractivity contribution in [2.24, 2.45) is 0 Å². The number of rotatable bonds is 6. The van der Waals surface area contributed by atoms with Gasteiger partial charge >= 0.3 is 0 Å². The van der Waals surface area contributed by atoms with Gasteiger partial charge in [0.15, 0.2) is 0 Å². The number of carbonyl (C=O) groups is 2. The number of hydrogen-bond acceptors (Lipinski definition) is 9. The van der Waals surface area contributed by atoms with E-state index in [2.05, 4.69) is 25.0 Å². The molecule has 1 aromatic carbocycles. The molecule has 0 fully saturated rings. The predicted octanol–water partition coefficient (Wildman–Crippen LogP) is 2.93. The third-order valence-electron chi connectivity index (χ3n) is 4.66. The Morgan fingerprint density at radius 2 is 1.67 bits per heavy atom. The number of benzene rings is 1. The van der Waals surface area contributed by atoms with Crippen molar-refractivity contribution < 1.29 is 22.7 Å². The maximum Gasteiger partial charge on any atom is 0.263 e. The number of ether oxygens (including phenoxy) is 1. The van der Waals surface area contributed by atoms with Gasteiger partial charge in [-0.2, -0.15) is 0 Å². The molecule has 0 saturated carbocycles. The van der Waals surface area contributed by atoms with E-state index in [-0.39, 0.29) is 38.6 Å². The molecular formula is C21H16ClN5O5S. The molecule has 3 aromatic rings. The number of anilines is 2. The summed E-state index contributed by atoms with van der Waals surface area (Å²) >= 11 is 6.16. The number of nitrogens with zero attached hydrogens (tertiary/aromatic N) is 3. The van der Waals surface area contributed by atoms with Gasteiger partial charge in [0, 0.05) is 23.8 Å². The highest BCUT2D eigenvalue weighted by atomic mass is 35.5. The second-order valence-electron chi connectivity index (χ2n) is 6.87. The molecule has 12 heteroatoms. The first-order chi connectivity index (χ1) is 15.7. The quantitative estimate of drug-likeness (QED) is 0.539. The van der Waals surface area contributed by atoms with Gasteiger partial charge in [-0.1, -0.05) is 11.6 Å². The summed E-state index contributed by atoms with van der Waals surface area (Å²) in [6.07, 6.45) is 2.69. The van der Waals surface area contributed by atoms with Gasteiger partial charge in [-0.3, -0.25) is 14.3 Å². The number of ketones is 2. The summed E-state index contributed by atoms with van der Waals surface area (Å²) in [7, 11) is -2.66. The van der Waals surface area contributed by atoms with Crippen LogP contribution in [0.4, 0.5) is 11.5 Å². The molecule has 0 bridgehead atoms. The highest BCUT2D eigenvalue weighted by molar-refractivity contribution is 7.92. The lowest BCUT2D eigenvalue weighted by Gasteiger charge is -2.19. The molecule has 0 atom stereocenters. The second-order valence-corrected chi connectivity index (χ2v) is 8.93. The zero-order chi connectivity index (χ0) is 23.8. The molecule has 4 rings (SSSR count). The molecule has 10 nitrogen and oxygen atoms in total. The Bertz CT molecular complexity index is 1420. The third kappa shape index (κ3) is 4.28. The van der Waals surface area contributed by atoms with Crippen LogP contribution >= 0.6 is 11.6 Å². The van der Waals surface area contributed by atoms with Gasteiger partial charge in [-0.15, -0.1) is 0 Å². The average molecular weight is 486 g/mol. The molecule has 2 heterocycles. The van der Waals surface area contributed by atoms with Crippen molar-refractivity contribution in [1.29, 1.82) is 0 Å². The highest BCUT2D eigenvalue weighted by Crippen LogP contribution is 2.29. The molecule has 0 aliphatic heterocycles. The Balaban J connectivity index is 1.58. The fourth-order valence-corrected chi connectivity index (χ4v) is 4.30. The topological polar surface area (TPSA) is 140 Å². The number of nitrogens with one attached hydrogen (secondary N) is 2. The van der Waals surface area contributed by atoms with E-state index in [1.54, 1.807) is 13.0 Å². The van der Waals surface area contributed by atoms with Crippen LogP contribution in [0.2, 0.25) is 0 Å². The van der Waals surface area contributed by atoms with E-state index in [4.69, 9.17) is 16.3 Å². The van der Waals surface area contributed by atoms with Crippen molar-refractivity contribution in [3.05, 3.63) is 76.5 Å². The molecule has 0 unspecified atom stereocenters. The molecule has 0 spiro atoms. The summed E-state index contributed by atoms with van der Waals surface area (Å²) in [5.74, 6) is -1.10. The number of aromatic nitrogens is 3. The Morgan fingerprint density at radius 1 is 0.970 bits per heavy atom. The number of fused-ring (bicyclic) bond motifs is 1. The first-order valence-corrected chi connectivity index (χ1v) is 11.3. The van der Waals surface area contributed by atoms with E-state index in [0.717, 1.165) is 0 Å². The number of methoxy groups -OCH3 is 1. The van der Waals surface area contributed by atoms with Crippen LogP contribution in [0.1, 0.15) is 26.5 Å². The summed E-state index contributed by atoms with van der Waals surface area (Å²) in [5, 5.41) is 2.51. The van der Waals surface area contributed by atoms with E-state index in [0.29, 0.717) is 11.4 Å². The summed E-state index contributed by atoms with van der Waals surface area (Å²) in [6.45, 7) is 1.70. The Hall–Kier alpha value is -3.83. The van der Waals surface area contributed by atoms with Crippen molar-refractivity contribution >= 4 is 44.7 Å². The first-order valence-electron chi connectivity index (χ1n) is 9.43. The van der Waals surface area contributed by atoms with Crippen LogP contribution in [0.3, 0.4) is 0 Å². The molecule has 2 N–H and O–H groups in total. The average Bonchev–Trinajstić information content (AvgIpc) is 2.81. The van der Waals surface area contributed by atoms with Crippen LogP contribution in [0, 0.1) is 6.92 Å². The number of allylic oxidation sites excluding steroid dienone is 2. The molecule has 2 aromatic heterocycles. The van der Waals surface area contributed by atoms with Gasteiger partial charge in [0.2, 0.25) is 17.4 Å². The van der Waals surface area contributed by atoms with E-state index in [1.807, 2.05) is 0 Å². The van der Waals surface area contributed by atoms with Gasteiger partial charge in [0.05, 0.1) is 17.6 Å². The lowest BCUT2D eigenvalue weighted by molar-refractivity contribution is 0.0978.